The van der Waals surface area contributed by atoms with Crippen LogP contribution in [0.1, 0.15) is 20.3 Å². The first-order chi connectivity index (χ1) is 9.88. The standard InChI is InChI=1S/C14H25BrN4O2/c1-10(2)11(16)5-6-18(3)12-9-17-19(7-8-21-4)14(20)13(12)15/h9-11H,5-8,16H2,1-4H3. The molecule has 0 bridgehead atoms. The molecule has 1 aromatic rings. The lowest BCUT2D eigenvalue weighted by Gasteiger charge is -2.23. The van der Waals surface area contributed by atoms with Crippen molar-refractivity contribution < 1.29 is 4.74 Å². The van der Waals surface area contributed by atoms with Crippen LogP contribution < -0.4 is 16.2 Å². The lowest BCUT2D eigenvalue weighted by molar-refractivity contribution is 0.181. The zero-order valence-electron chi connectivity index (χ0n) is 13.2. The van der Waals surface area contributed by atoms with Crippen LogP contribution in [0.3, 0.4) is 0 Å². The van der Waals surface area contributed by atoms with Crippen molar-refractivity contribution in [2.24, 2.45) is 11.7 Å². The van der Waals surface area contributed by atoms with E-state index in [-0.39, 0.29) is 11.6 Å². The van der Waals surface area contributed by atoms with Gasteiger partial charge < -0.3 is 15.4 Å². The third kappa shape index (κ3) is 5.09. The molecule has 120 valence electrons. The monoisotopic (exact) mass is 360 g/mol. The minimum atomic E-state index is -0.149. The van der Waals surface area contributed by atoms with Gasteiger partial charge in [-0.2, -0.15) is 5.10 Å². The molecule has 1 atom stereocenters. The van der Waals surface area contributed by atoms with E-state index in [9.17, 15) is 4.79 Å². The molecule has 6 nitrogen and oxygen atoms in total. The lowest BCUT2D eigenvalue weighted by Crippen LogP contribution is -2.33. The maximum Gasteiger partial charge on any atom is 0.283 e. The molecule has 0 fully saturated rings. The van der Waals surface area contributed by atoms with Crippen LogP contribution in [0.5, 0.6) is 0 Å². The van der Waals surface area contributed by atoms with Crippen molar-refractivity contribution in [2.75, 3.05) is 32.2 Å². The number of rotatable bonds is 8. The number of nitrogens with zero attached hydrogens (tertiary/aromatic N) is 3. The molecular formula is C14H25BrN4O2. The topological polar surface area (TPSA) is 73.4 Å². The Hall–Kier alpha value is -0.920. The van der Waals surface area contributed by atoms with E-state index >= 15 is 0 Å². The first kappa shape index (κ1) is 18.1. The average Bonchev–Trinajstić information content (AvgIpc) is 2.45. The van der Waals surface area contributed by atoms with Gasteiger partial charge in [0.25, 0.3) is 5.56 Å². The summed E-state index contributed by atoms with van der Waals surface area (Å²) in [6, 6.07) is 0.154. The number of nitrogens with two attached hydrogens (primary N) is 1. The van der Waals surface area contributed by atoms with E-state index in [4.69, 9.17) is 10.5 Å². The highest BCUT2D eigenvalue weighted by atomic mass is 79.9. The first-order valence-corrected chi connectivity index (χ1v) is 7.89. The van der Waals surface area contributed by atoms with E-state index in [1.807, 2.05) is 11.9 Å². The maximum atomic E-state index is 12.2. The van der Waals surface area contributed by atoms with Crippen molar-refractivity contribution in [1.29, 1.82) is 0 Å². The summed E-state index contributed by atoms with van der Waals surface area (Å²) in [5, 5.41) is 4.18. The second-order valence-electron chi connectivity index (χ2n) is 5.48. The van der Waals surface area contributed by atoms with Gasteiger partial charge in [0.05, 0.1) is 25.0 Å². The van der Waals surface area contributed by atoms with Gasteiger partial charge in [-0.25, -0.2) is 4.68 Å². The van der Waals surface area contributed by atoms with E-state index in [1.165, 1.54) is 4.68 Å². The van der Waals surface area contributed by atoms with Gasteiger partial charge in [0.1, 0.15) is 4.47 Å². The van der Waals surface area contributed by atoms with Crippen LogP contribution in [0.4, 0.5) is 5.69 Å². The van der Waals surface area contributed by atoms with Crippen LogP contribution in [0.25, 0.3) is 0 Å². The smallest absolute Gasteiger partial charge is 0.283 e. The van der Waals surface area contributed by atoms with Crippen LogP contribution in [-0.2, 0) is 11.3 Å². The van der Waals surface area contributed by atoms with Gasteiger partial charge in [-0.05, 0) is 28.3 Å². The third-order valence-corrected chi connectivity index (χ3v) is 4.28. The van der Waals surface area contributed by atoms with Gasteiger partial charge in [0.2, 0.25) is 0 Å². The zero-order valence-corrected chi connectivity index (χ0v) is 14.8. The maximum absolute atomic E-state index is 12.2. The molecule has 1 aromatic heterocycles. The van der Waals surface area contributed by atoms with Crippen molar-refractivity contribution >= 4 is 21.6 Å². The van der Waals surface area contributed by atoms with Crippen LogP contribution in [-0.4, -0.2) is 43.1 Å². The van der Waals surface area contributed by atoms with Crippen molar-refractivity contribution in [3.63, 3.8) is 0 Å². The molecule has 2 N–H and O–H groups in total. The van der Waals surface area contributed by atoms with Gasteiger partial charge >= 0.3 is 0 Å². The molecule has 21 heavy (non-hydrogen) atoms. The number of halogens is 1. The van der Waals surface area contributed by atoms with Crippen LogP contribution >= 0.6 is 15.9 Å². The molecule has 0 aliphatic heterocycles. The predicted molar refractivity (Wildman–Crippen MR) is 88.8 cm³/mol. The van der Waals surface area contributed by atoms with Crippen LogP contribution in [0.15, 0.2) is 15.5 Å². The summed E-state index contributed by atoms with van der Waals surface area (Å²) in [4.78, 5) is 14.2. The van der Waals surface area contributed by atoms with Crippen molar-refractivity contribution in [3.05, 3.63) is 21.0 Å². The molecular weight excluding hydrogens is 336 g/mol. The third-order valence-electron chi connectivity index (χ3n) is 3.54. The lowest BCUT2D eigenvalue weighted by atomic mass is 10.0. The van der Waals surface area contributed by atoms with E-state index in [0.29, 0.717) is 23.5 Å². The van der Waals surface area contributed by atoms with Gasteiger partial charge in [-0.15, -0.1) is 0 Å². The summed E-state index contributed by atoms with van der Waals surface area (Å²) >= 11 is 3.37. The van der Waals surface area contributed by atoms with Crippen molar-refractivity contribution in [3.8, 4) is 0 Å². The average molecular weight is 361 g/mol. The van der Waals surface area contributed by atoms with Gasteiger partial charge in [0.15, 0.2) is 0 Å². The SMILES string of the molecule is COCCn1ncc(N(C)CCC(N)C(C)C)c(Br)c1=O. The second-order valence-corrected chi connectivity index (χ2v) is 6.28. The van der Waals surface area contributed by atoms with Crippen molar-refractivity contribution in [1.82, 2.24) is 9.78 Å². The molecule has 0 amide bonds. The predicted octanol–water partition coefficient (Wildman–Crippen LogP) is 1.46. The van der Waals surface area contributed by atoms with Crippen LogP contribution in [0.2, 0.25) is 0 Å². The van der Waals surface area contributed by atoms with Crippen LogP contribution in [0, 0.1) is 5.92 Å². The Kier molecular flexibility index (Phi) is 7.34. The fraction of sp³-hybridized carbons (Fsp3) is 0.714. The minimum absolute atomic E-state index is 0.149. The van der Waals surface area contributed by atoms with Gasteiger partial charge in [-0.1, -0.05) is 13.8 Å². The summed E-state index contributed by atoms with van der Waals surface area (Å²) < 4.78 is 6.88. The number of methoxy groups -OCH3 is 1. The van der Waals surface area contributed by atoms with Gasteiger partial charge in [0, 0.05) is 26.7 Å². The van der Waals surface area contributed by atoms with E-state index in [0.717, 1.165) is 18.7 Å². The fourth-order valence-electron chi connectivity index (χ4n) is 1.86. The molecule has 1 rings (SSSR count). The summed E-state index contributed by atoms with van der Waals surface area (Å²) in [6.45, 7) is 5.90. The second kappa shape index (κ2) is 8.51. The zero-order chi connectivity index (χ0) is 16.0. The molecule has 0 radical (unpaired) electrons. The Labute approximate surface area is 134 Å². The summed E-state index contributed by atoms with van der Waals surface area (Å²) in [5.74, 6) is 0.446. The molecule has 0 aromatic carbocycles. The quantitative estimate of drug-likeness (QED) is 0.759. The molecule has 0 spiro atoms. The van der Waals surface area contributed by atoms with Gasteiger partial charge in [-0.3, -0.25) is 4.79 Å². The Morgan fingerprint density at radius 2 is 2.19 bits per heavy atom. The van der Waals surface area contributed by atoms with E-state index in [2.05, 4.69) is 34.9 Å². The Morgan fingerprint density at radius 1 is 1.52 bits per heavy atom. The first-order valence-electron chi connectivity index (χ1n) is 7.09. The highest BCUT2D eigenvalue weighted by Gasteiger charge is 2.14. The number of anilines is 1. The summed E-state index contributed by atoms with van der Waals surface area (Å²) in [7, 11) is 3.54. The molecule has 0 saturated heterocycles. The van der Waals surface area contributed by atoms with Crippen molar-refractivity contribution in [2.45, 2.75) is 32.9 Å². The summed E-state index contributed by atoms with van der Waals surface area (Å²) in [5.41, 5.74) is 6.69. The molecule has 1 unspecified atom stereocenters. The Bertz CT molecular complexity index is 504. The fourth-order valence-corrected chi connectivity index (χ4v) is 2.47. The number of hydrogen-bond donors (Lipinski definition) is 1. The molecule has 1 heterocycles. The number of hydrogen-bond acceptors (Lipinski definition) is 5. The molecule has 0 saturated carbocycles. The molecule has 0 aliphatic rings. The summed E-state index contributed by atoms with van der Waals surface area (Å²) in [6.07, 6.45) is 2.56. The normalized spacial score (nSPS) is 12.7. The highest BCUT2D eigenvalue weighted by molar-refractivity contribution is 9.10. The highest BCUT2D eigenvalue weighted by Crippen LogP contribution is 2.20. The minimum Gasteiger partial charge on any atom is -0.383 e. The number of ether oxygens (including phenoxy) is 1. The Balaban J connectivity index is 2.79. The van der Waals surface area contributed by atoms with E-state index < -0.39 is 0 Å². The van der Waals surface area contributed by atoms with E-state index in [1.54, 1.807) is 13.3 Å². The largest absolute Gasteiger partial charge is 0.383 e. The number of aromatic nitrogens is 2. The Morgan fingerprint density at radius 3 is 2.76 bits per heavy atom. The molecule has 0 aliphatic carbocycles. The molecule has 7 heteroatoms.